The summed E-state index contributed by atoms with van der Waals surface area (Å²) in [5, 5.41) is 11.7. The van der Waals surface area contributed by atoms with Crippen LogP contribution >= 0.6 is 34.8 Å². The molecule has 3 atom stereocenters. The quantitative estimate of drug-likeness (QED) is 0.113. The Morgan fingerprint density at radius 2 is 1.39 bits per heavy atom. The van der Waals surface area contributed by atoms with Gasteiger partial charge in [0.1, 0.15) is 22.4 Å². The van der Waals surface area contributed by atoms with Crippen LogP contribution in [0.3, 0.4) is 0 Å². The summed E-state index contributed by atoms with van der Waals surface area (Å²) in [6.45, 7) is 2.92. The standard InChI is InChI=1S/C30H23Cl3N2O6/c1-15(2)25(28(38)41-14-16-11-12-17(31)13-22(16)35(39)40)34-26(36)23-24(27(34)37)30(33)19-8-4-3-7-18(19)29(23,32)20-9-5-6-10-21(20)30/h3-13,15,23-25H,14H2,1-2H3/t23-,24-,25-,29?,30?/m0/s1. The number of imide groups is 1. The zero-order valence-corrected chi connectivity index (χ0v) is 24.1. The lowest BCUT2D eigenvalue weighted by Gasteiger charge is -2.54. The summed E-state index contributed by atoms with van der Waals surface area (Å²) in [7, 11) is 0. The van der Waals surface area contributed by atoms with Crippen LogP contribution in [0, 0.1) is 27.9 Å². The second-order valence-corrected chi connectivity index (χ2v) is 12.5. The van der Waals surface area contributed by atoms with Gasteiger partial charge >= 0.3 is 5.97 Å². The van der Waals surface area contributed by atoms with E-state index in [1.165, 1.54) is 12.1 Å². The number of halogens is 3. The molecule has 0 saturated carbocycles. The first-order valence-corrected chi connectivity index (χ1v) is 14.1. The third-order valence-corrected chi connectivity index (χ3v) is 9.90. The van der Waals surface area contributed by atoms with Crippen LogP contribution in [-0.4, -0.2) is 33.6 Å². The molecule has 0 spiro atoms. The minimum atomic E-state index is -1.38. The number of nitro groups is 1. The first-order chi connectivity index (χ1) is 19.4. The van der Waals surface area contributed by atoms with Gasteiger partial charge < -0.3 is 4.74 Å². The summed E-state index contributed by atoms with van der Waals surface area (Å²) in [6, 6.07) is 17.2. The molecule has 2 bridgehead atoms. The fourth-order valence-corrected chi connectivity index (χ4v) is 7.97. The molecule has 0 unspecified atom stereocenters. The fourth-order valence-electron chi connectivity index (χ4n) is 6.70. The number of likely N-dealkylation sites (tertiary alicyclic amines) is 1. The Bertz CT molecular complexity index is 1540. The molecule has 3 aromatic carbocycles. The molecule has 4 aliphatic rings. The number of carbonyl (C=O) groups is 3. The maximum Gasteiger partial charge on any atom is 0.329 e. The molecule has 210 valence electrons. The molecule has 1 saturated heterocycles. The van der Waals surface area contributed by atoms with Gasteiger partial charge in [-0.05, 0) is 40.3 Å². The molecule has 11 heteroatoms. The molecular formula is C30H23Cl3N2O6. The molecular weight excluding hydrogens is 591 g/mol. The molecule has 1 heterocycles. The third kappa shape index (κ3) is 3.70. The summed E-state index contributed by atoms with van der Waals surface area (Å²) in [6.07, 6.45) is 0. The van der Waals surface area contributed by atoms with E-state index in [9.17, 15) is 24.5 Å². The molecule has 0 N–H and O–H groups in total. The minimum absolute atomic E-state index is 0.117. The maximum absolute atomic E-state index is 14.3. The van der Waals surface area contributed by atoms with Crippen LogP contribution in [0.2, 0.25) is 5.02 Å². The summed E-state index contributed by atoms with van der Waals surface area (Å²) in [5.41, 5.74) is 2.41. The molecule has 0 radical (unpaired) electrons. The number of nitro benzene ring substituents is 1. The van der Waals surface area contributed by atoms with Crippen LogP contribution < -0.4 is 0 Å². The molecule has 2 amide bonds. The van der Waals surface area contributed by atoms with Crippen molar-refractivity contribution < 1.29 is 24.0 Å². The molecule has 1 aliphatic heterocycles. The van der Waals surface area contributed by atoms with Crippen molar-refractivity contribution in [3.63, 3.8) is 0 Å². The Morgan fingerprint density at radius 1 is 0.927 bits per heavy atom. The highest BCUT2D eigenvalue weighted by Gasteiger charge is 2.74. The lowest BCUT2D eigenvalue weighted by Crippen LogP contribution is -2.57. The first kappa shape index (κ1) is 27.7. The monoisotopic (exact) mass is 612 g/mol. The van der Waals surface area contributed by atoms with Crippen molar-refractivity contribution in [2.45, 2.75) is 36.2 Å². The van der Waals surface area contributed by atoms with Gasteiger partial charge in [-0.25, -0.2) is 4.79 Å². The van der Waals surface area contributed by atoms with Crippen molar-refractivity contribution in [1.29, 1.82) is 0 Å². The van der Waals surface area contributed by atoms with Gasteiger partial charge in [0, 0.05) is 11.1 Å². The Labute approximate surface area is 250 Å². The Kier molecular flexibility index (Phi) is 6.45. The van der Waals surface area contributed by atoms with E-state index in [1.807, 2.05) is 48.5 Å². The van der Waals surface area contributed by atoms with Gasteiger partial charge in [-0.15, -0.1) is 23.2 Å². The lowest BCUT2D eigenvalue weighted by molar-refractivity contribution is -0.385. The van der Waals surface area contributed by atoms with Crippen molar-refractivity contribution in [3.05, 3.63) is 110 Å². The van der Waals surface area contributed by atoms with Gasteiger partial charge in [-0.1, -0.05) is 74.0 Å². The van der Waals surface area contributed by atoms with Crippen molar-refractivity contribution in [1.82, 2.24) is 4.90 Å². The van der Waals surface area contributed by atoms with Crippen LogP contribution in [-0.2, 0) is 35.5 Å². The number of hydrogen-bond donors (Lipinski definition) is 0. The number of amides is 2. The molecule has 8 nitrogen and oxygen atoms in total. The number of esters is 1. The largest absolute Gasteiger partial charge is 0.459 e. The Morgan fingerprint density at radius 3 is 1.80 bits per heavy atom. The molecule has 1 fully saturated rings. The van der Waals surface area contributed by atoms with Gasteiger partial charge in [0.15, 0.2) is 0 Å². The highest BCUT2D eigenvalue weighted by Crippen LogP contribution is 2.69. The van der Waals surface area contributed by atoms with Crippen molar-refractivity contribution >= 4 is 58.3 Å². The normalized spacial score (nSPS) is 26.4. The van der Waals surface area contributed by atoms with Gasteiger partial charge in [0.25, 0.3) is 5.69 Å². The zero-order chi connectivity index (χ0) is 29.4. The summed E-state index contributed by atoms with van der Waals surface area (Å²) in [4.78, 5) is 51.1. The first-order valence-electron chi connectivity index (χ1n) is 13.0. The number of alkyl halides is 2. The topological polar surface area (TPSA) is 107 Å². The average molecular weight is 614 g/mol. The number of benzene rings is 3. The van der Waals surface area contributed by atoms with E-state index in [1.54, 1.807) is 13.8 Å². The predicted molar refractivity (Wildman–Crippen MR) is 152 cm³/mol. The van der Waals surface area contributed by atoms with E-state index < -0.39 is 62.9 Å². The Balaban J connectivity index is 1.40. The van der Waals surface area contributed by atoms with Crippen molar-refractivity contribution in [2.24, 2.45) is 17.8 Å². The highest BCUT2D eigenvalue weighted by atomic mass is 35.5. The van der Waals surface area contributed by atoms with Gasteiger partial charge in [-0.3, -0.25) is 24.6 Å². The van der Waals surface area contributed by atoms with E-state index in [0.717, 1.165) is 11.0 Å². The van der Waals surface area contributed by atoms with E-state index in [2.05, 4.69) is 0 Å². The van der Waals surface area contributed by atoms with Crippen molar-refractivity contribution in [3.8, 4) is 0 Å². The van der Waals surface area contributed by atoms with Gasteiger partial charge in [0.05, 0.1) is 22.3 Å². The molecule has 0 aromatic heterocycles. The lowest BCUT2D eigenvalue weighted by atomic mass is 9.54. The summed E-state index contributed by atoms with van der Waals surface area (Å²) in [5.74, 6) is -4.78. The summed E-state index contributed by atoms with van der Waals surface area (Å²) >= 11 is 20.8. The number of carbonyl (C=O) groups excluding carboxylic acids is 3. The molecule has 7 rings (SSSR count). The number of nitrogens with zero attached hydrogens (tertiary/aromatic N) is 2. The van der Waals surface area contributed by atoms with E-state index in [-0.39, 0.29) is 16.3 Å². The SMILES string of the molecule is CC(C)[C@@H](C(=O)OCc1ccc(Cl)cc1[N+](=O)[O-])N1C(=O)[C@@H]2[C@@H](C1=O)C1(Cl)c3ccccc3C2(Cl)c2ccccc21. The molecule has 3 aliphatic carbocycles. The second kappa shape index (κ2) is 9.54. The predicted octanol–water partition coefficient (Wildman–Crippen LogP) is 5.91. The highest BCUT2D eigenvalue weighted by molar-refractivity contribution is 6.36. The van der Waals surface area contributed by atoms with E-state index >= 15 is 0 Å². The van der Waals surface area contributed by atoms with Crippen LogP contribution in [0.15, 0.2) is 66.7 Å². The zero-order valence-electron chi connectivity index (χ0n) is 21.8. The number of rotatable bonds is 6. The van der Waals surface area contributed by atoms with Crippen LogP contribution in [0.4, 0.5) is 5.69 Å². The van der Waals surface area contributed by atoms with Crippen molar-refractivity contribution in [2.75, 3.05) is 0 Å². The van der Waals surface area contributed by atoms with E-state index in [4.69, 9.17) is 39.5 Å². The van der Waals surface area contributed by atoms with Gasteiger partial charge in [0.2, 0.25) is 11.8 Å². The average Bonchev–Trinajstić information content (AvgIpc) is 3.21. The molecule has 3 aromatic rings. The second-order valence-electron chi connectivity index (χ2n) is 10.8. The maximum atomic E-state index is 14.3. The number of ether oxygens (including phenoxy) is 1. The fraction of sp³-hybridized carbons (Fsp3) is 0.300. The van der Waals surface area contributed by atoms with Gasteiger partial charge in [-0.2, -0.15) is 0 Å². The third-order valence-electron chi connectivity index (χ3n) is 8.38. The summed E-state index contributed by atoms with van der Waals surface area (Å²) < 4.78 is 5.49. The van der Waals surface area contributed by atoms with Crippen LogP contribution in [0.5, 0.6) is 0 Å². The van der Waals surface area contributed by atoms with Crippen LogP contribution in [0.1, 0.15) is 41.7 Å². The molecule has 41 heavy (non-hydrogen) atoms. The number of hydrogen-bond acceptors (Lipinski definition) is 6. The Hall–Kier alpha value is -3.46. The minimum Gasteiger partial charge on any atom is -0.459 e. The smallest absolute Gasteiger partial charge is 0.329 e. The van der Waals surface area contributed by atoms with E-state index in [0.29, 0.717) is 22.3 Å². The van der Waals surface area contributed by atoms with Crippen LogP contribution in [0.25, 0.3) is 0 Å².